The summed E-state index contributed by atoms with van der Waals surface area (Å²) >= 11 is 1.84. The molecule has 1 heterocycles. The van der Waals surface area contributed by atoms with E-state index in [0.29, 0.717) is 16.2 Å². The van der Waals surface area contributed by atoms with Crippen molar-refractivity contribution in [3.05, 3.63) is 292 Å². The van der Waals surface area contributed by atoms with Gasteiger partial charge in [0.25, 0.3) is 0 Å². The quantitative estimate of drug-likeness (QED) is 0.121. The van der Waals surface area contributed by atoms with Crippen molar-refractivity contribution in [2.24, 2.45) is 39.4 Å². The molecule has 0 nitrogen and oxygen atoms in total. The van der Waals surface area contributed by atoms with Gasteiger partial charge in [0.1, 0.15) is 0 Å². The first-order valence-corrected chi connectivity index (χ1v) is 49.7. The molecule has 120 heavy (non-hydrogen) atoms. The van der Waals surface area contributed by atoms with Crippen LogP contribution in [-0.2, 0) is 19.3 Å². The van der Waals surface area contributed by atoms with Gasteiger partial charge in [-0.1, -0.05) is 318 Å². The SMILES string of the molecule is Cc1cc(C2CCC(C)(C)CC2)cc(C)c1C.Cc1cc(CC2CCCC2)cc(C)c1C.Cc1ccc(-c2ccccc2)s1.Cc1ccc(C2CCC(C)(C)CC2)cc1.Cc1ccc(C2CCC(C)(C)CC2)cc1C.Cc1ccc(C2CCC3(CCCCC3)CC2)cc1.Cc1ccc(CC2CCCC2)cc1.Cc1ccc(CC2CCCC2)cc1C. The summed E-state index contributed by atoms with van der Waals surface area (Å²) in [5.74, 6) is 6.19. The molecule has 9 aromatic rings. The van der Waals surface area contributed by atoms with Crippen molar-refractivity contribution in [3.63, 3.8) is 0 Å². The second-order valence-corrected chi connectivity index (χ2v) is 44.0. The summed E-state index contributed by atoms with van der Waals surface area (Å²) in [5.41, 5.74) is 33.4. The molecule has 8 aromatic carbocycles. The largest absolute Gasteiger partial charge is 0.141 e. The Bertz CT molecular complexity index is 4390. The maximum Gasteiger partial charge on any atom is 0.0345 e. The number of hydrogen-bond donors (Lipinski definition) is 0. The minimum Gasteiger partial charge on any atom is -0.141 e. The molecule has 0 amide bonds. The predicted octanol–water partition coefficient (Wildman–Crippen LogP) is 36.4. The van der Waals surface area contributed by atoms with Gasteiger partial charge in [-0.25, -0.2) is 0 Å². The van der Waals surface area contributed by atoms with Crippen LogP contribution in [0.3, 0.4) is 0 Å². The molecular formula is C119H168S. The van der Waals surface area contributed by atoms with Crippen LogP contribution in [0.5, 0.6) is 0 Å². The van der Waals surface area contributed by atoms with Crippen LogP contribution in [0.15, 0.2) is 176 Å². The molecule has 8 aliphatic carbocycles. The molecule has 0 aliphatic heterocycles. The number of hydrogen-bond acceptors (Lipinski definition) is 1. The van der Waals surface area contributed by atoms with E-state index in [2.05, 4.69) is 308 Å². The minimum atomic E-state index is 0.575. The van der Waals surface area contributed by atoms with E-state index in [1.807, 2.05) is 17.4 Å². The molecule has 0 atom stereocenters. The molecule has 650 valence electrons. The van der Waals surface area contributed by atoms with Gasteiger partial charge in [0, 0.05) is 9.75 Å². The minimum absolute atomic E-state index is 0.575. The van der Waals surface area contributed by atoms with Crippen LogP contribution < -0.4 is 0 Å². The highest BCUT2D eigenvalue weighted by atomic mass is 32.1. The van der Waals surface area contributed by atoms with E-state index in [-0.39, 0.29) is 0 Å². The van der Waals surface area contributed by atoms with Crippen LogP contribution >= 0.6 is 11.3 Å². The Balaban J connectivity index is 0.000000144. The molecule has 1 spiro atoms. The van der Waals surface area contributed by atoms with E-state index >= 15 is 0 Å². The highest BCUT2D eigenvalue weighted by Crippen LogP contribution is 2.52. The van der Waals surface area contributed by atoms with Crippen molar-refractivity contribution >= 4 is 11.3 Å². The van der Waals surface area contributed by atoms with E-state index in [9.17, 15) is 0 Å². The normalized spacial score (nSPS) is 19.2. The second-order valence-electron chi connectivity index (χ2n) is 42.7. The molecule has 8 aliphatic rings. The lowest BCUT2D eigenvalue weighted by atomic mass is 9.62. The Labute approximate surface area is 741 Å². The predicted molar refractivity (Wildman–Crippen MR) is 530 cm³/mol. The lowest BCUT2D eigenvalue weighted by Crippen LogP contribution is -2.29. The molecule has 0 radical (unpaired) electrons. The summed E-state index contributed by atoms with van der Waals surface area (Å²) in [6.45, 7) is 45.3. The monoisotopic (exact) mass is 1630 g/mol. The Morgan fingerprint density at radius 3 is 0.975 bits per heavy atom. The fraction of sp³-hybridized carbons (Fsp3) is 0.563. The third-order valence-electron chi connectivity index (χ3n) is 31.0. The summed E-state index contributed by atoms with van der Waals surface area (Å²) in [4.78, 5) is 2.72. The van der Waals surface area contributed by atoms with Gasteiger partial charge in [-0.15, -0.1) is 11.3 Å². The third kappa shape index (κ3) is 31.0. The van der Waals surface area contributed by atoms with Crippen LogP contribution in [0.2, 0.25) is 0 Å². The first-order chi connectivity index (χ1) is 57.3. The smallest absolute Gasteiger partial charge is 0.0345 e. The van der Waals surface area contributed by atoms with Crippen LogP contribution in [-0.4, -0.2) is 0 Å². The van der Waals surface area contributed by atoms with Gasteiger partial charge in [0.05, 0.1) is 0 Å². The summed E-state index contributed by atoms with van der Waals surface area (Å²) in [5, 5.41) is 0. The maximum absolute atomic E-state index is 2.42. The molecule has 0 saturated heterocycles. The summed E-state index contributed by atoms with van der Waals surface area (Å²) in [6, 6.07) is 65.8. The molecule has 1 aromatic heterocycles. The van der Waals surface area contributed by atoms with Crippen LogP contribution in [0.25, 0.3) is 10.4 Å². The van der Waals surface area contributed by atoms with Crippen molar-refractivity contribution in [3.8, 4) is 10.4 Å². The lowest BCUT2D eigenvalue weighted by Gasteiger charge is -2.43. The van der Waals surface area contributed by atoms with E-state index < -0.39 is 0 Å². The van der Waals surface area contributed by atoms with Crippen molar-refractivity contribution < 1.29 is 0 Å². The summed E-state index contributed by atoms with van der Waals surface area (Å²) < 4.78 is 0. The van der Waals surface area contributed by atoms with Gasteiger partial charge in [0.15, 0.2) is 0 Å². The molecule has 1 heteroatoms. The number of thiophene rings is 1. The molecular weight excluding hydrogens is 1460 g/mol. The van der Waals surface area contributed by atoms with Gasteiger partial charge in [0.2, 0.25) is 0 Å². The van der Waals surface area contributed by atoms with Crippen LogP contribution in [0.4, 0.5) is 0 Å². The number of aryl methyl sites for hydroxylation is 12. The fourth-order valence-corrected chi connectivity index (χ4v) is 22.2. The standard InChI is InChI=1S/C18H26.C17H26.C16H24.2C15H22.C14H20.C13H18.C11H10S/c1-15-5-7-16(8-6-15)17-9-13-18(14-10-17)11-3-2-4-12-18;1-12-10-16(11-13(2)14(12)3)15-6-8-17(4,5)9-7-15;1-12-5-6-15(11-13(12)2)14-7-9-16(3,4)10-8-14;1-12-4-6-13(7-5-12)14-8-10-15(2,3)11-9-14;1-11-8-15(9-12(2)13(11)3)10-14-6-4-5-7-14;1-11-7-8-14(9-12(11)2)10-13-5-3-4-6-13;1-11-6-8-13(9-7-11)10-12-4-2-3-5-12;1-9-7-8-11(12-9)10-5-3-2-4-6-10/h5-8,17H,2-4,9-14H2,1H3;10-11,15H,6-9H2,1-5H3;5-6,11,14H,7-10H2,1-4H3;4-7,14H,8-11H2,1-3H3;8-9,14H,4-7,10H2,1-3H3;7-9,13H,3-6,10H2,1-2H3;6-9,12H,2-5,10H2,1H3;2-8H,1H3. The van der Waals surface area contributed by atoms with E-state index in [1.54, 1.807) is 33.4 Å². The first kappa shape index (κ1) is 95.7. The molecule has 0 unspecified atom stereocenters. The van der Waals surface area contributed by atoms with Crippen LogP contribution in [0, 0.1) is 136 Å². The Morgan fingerprint density at radius 2 is 0.575 bits per heavy atom. The highest BCUT2D eigenvalue weighted by molar-refractivity contribution is 7.15. The molecule has 8 saturated carbocycles. The van der Waals surface area contributed by atoms with Gasteiger partial charge >= 0.3 is 0 Å². The van der Waals surface area contributed by atoms with E-state index in [0.717, 1.165) is 46.8 Å². The molecule has 8 fully saturated rings. The van der Waals surface area contributed by atoms with Crippen molar-refractivity contribution in [2.75, 3.05) is 0 Å². The van der Waals surface area contributed by atoms with Crippen LogP contribution in [0.1, 0.15) is 393 Å². The Hall–Kier alpha value is -6.54. The fourth-order valence-electron chi connectivity index (χ4n) is 21.3. The highest BCUT2D eigenvalue weighted by Gasteiger charge is 2.37. The van der Waals surface area contributed by atoms with Crippen molar-refractivity contribution in [2.45, 2.75) is 393 Å². The number of benzene rings is 8. The average Bonchev–Trinajstić information content (AvgIpc) is 1.09. The lowest BCUT2D eigenvalue weighted by molar-refractivity contribution is 0.114. The first-order valence-electron chi connectivity index (χ1n) is 48.9. The van der Waals surface area contributed by atoms with E-state index in [1.165, 1.54) is 324 Å². The summed E-state index contributed by atoms with van der Waals surface area (Å²) in [7, 11) is 0. The number of rotatable bonds is 11. The molecule has 0 N–H and O–H groups in total. The van der Waals surface area contributed by atoms with Crippen molar-refractivity contribution in [1.82, 2.24) is 0 Å². The summed E-state index contributed by atoms with van der Waals surface area (Å²) in [6.07, 6.45) is 51.2. The zero-order valence-electron chi connectivity index (χ0n) is 80.1. The molecule has 17 rings (SSSR count). The van der Waals surface area contributed by atoms with Gasteiger partial charge < -0.3 is 0 Å². The maximum atomic E-state index is 2.42. The molecule has 0 bridgehead atoms. The third-order valence-corrected chi connectivity index (χ3v) is 32.0. The average molecular weight is 1630 g/mol. The van der Waals surface area contributed by atoms with E-state index in [4.69, 9.17) is 0 Å². The zero-order valence-corrected chi connectivity index (χ0v) is 81.0. The van der Waals surface area contributed by atoms with Gasteiger partial charge in [-0.3, -0.25) is 0 Å². The van der Waals surface area contributed by atoms with Crippen molar-refractivity contribution in [1.29, 1.82) is 0 Å². The second kappa shape index (κ2) is 46.4. The zero-order chi connectivity index (χ0) is 86.0. The van der Waals surface area contributed by atoms with Gasteiger partial charge in [-0.05, 0) is 407 Å². The Morgan fingerprint density at radius 1 is 0.250 bits per heavy atom. The Kier molecular flexibility index (Phi) is 37.0. The van der Waals surface area contributed by atoms with Gasteiger partial charge in [-0.2, -0.15) is 0 Å². The topological polar surface area (TPSA) is 0 Å².